The number of amides is 1. The van der Waals surface area contributed by atoms with E-state index >= 15 is 0 Å². The highest BCUT2D eigenvalue weighted by atomic mass is 16.6. The molecule has 8 nitrogen and oxygen atoms in total. The summed E-state index contributed by atoms with van der Waals surface area (Å²) in [5.41, 5.74) is 1.71. The predicted octanol–water partition coefficient (Wildman–Crippen LogP) is 2.76. The van der Waals surface area contributed by atoms with E-state index in [1.807, 2.05) is 25.1 Å². The highest BCUT2D eigenvalue weighted by Crippen LogP contribution is 2.32. The van der Waals surface area contributed by atoms with Crippen LogP contribution in [0.4, 0.5) is 0 Å². The lowest BCUT2D eigenvalue weighted by molar-refractivity contribution is -0.123. The molecule has 0 saturated heterocycles. The summed E-state index contributed by atoms with van der Waals surface area (Å²) in [5, 5.41) is 10.4. The lowest BCUT2D eigenvalue weighted by Gasteiger charge is -2.21. The van der Waals surface area contributed by atoms with E-state index in [2.05, 4.69) is 15.5 Å². The van der Waals surface area contributed by atoms with Gasteiger partial charge < -0.3 is 23.9 Å². The summed E-state index contributed by atoms with van der Waals surface area (Å²) in [6.07, 6.45) is 1.27. The van der Waals surface area contributed by atoms with Gasteiger partial charge in [-0.15, -0.1) is 10.2 Å². The topological polar surface area (TPSA) is 95.7 Å². The zero-order chi connectivity index (χ0) is 19.3. The van der Waals surface area contributed by atoms with Gasteiger partial charge in [0.25, 0.3) is 5.91 Å². The molecule has 0 radical (unpaired) electrons. The summed E-state index contributed by atoms with van der Waals surface area (Å²) in [6.45, 7) is 2.89. The molecule has 1 amide bonds. The maximum atomic E-state index is 12.2. The molecule has 2 aromatic carbocycles. The first-order valence-electron chi connectivity index (χ1n) is 8.87. The number of rotatable bonds is 6. The van der Waals surface area contributed by atoms with Gasteiger partial charge in [0.15, 0.2) is 18.1 Å². The Labute approximate surface area is 161 Å². The quantitative estimate of drug-likeness (QED) is 0.701. The van der Waals surface area contributed by atoms with Crippen LogP contribution in [-0.2, 0) is 4.79 Å². The number of carbonyl (C=O) groups is 1. The van der Waals surface area contributed by atoms with E-state index in [1.54, 1.807) is 24.3 Å². The number of fused-ring (bicyclic) bond motifs is 1. The maximum Gasteiger partial charge on any atom is 0.258 e. The average Bonchev–Trinajstić information content (AvgIpc) is 3.27. The molecule has 1 aliphatic heterocycles. The van der Waals surface area contributed by atoms with Gasteiger partial charge in [-0.2, -0.15) is 0 Å². The summed E-state index contributed by atoms with van der Waals surface area (Å²) in [7, 11) is 0. The molecule has 0 bridgehead atoms. The van der Waals surface area contributed by atoms with E-state index in [0.29, 0.717) is 30.6 Å². The molecule has 1 aromatic heterocycles. The number of aromatic nitrogens is 2. The standard InChI is InChI=1S/C20H19N3O5/c1-13(15-4-7-17-18(10-15)26-9-8-25-17)22-19(24)11-27-16-5-2-14(3-6-16)20-23-21-12-28-20/h2-7,10,12-13H,8-9,11H2,1H3,(H,22,24)/t13-/m1/s1. The van der Waals surface area contributed by atoms with Gasteiger partial charge in [-0.3, -0.25) is 4.79 Å². The Bertz CT molecular complexity index is 941. The Morgan fingerprint density at radius 1 is 1.14 bits per heavy atom. The molecule has 0 fully saturated rings. The van der Waals surface area contributed by atoms with Gasteiger partial charge in [-0.05, 0) is 48.9 Å². The van der Waals surface area contributed by atoms with Crippen molar-refractivity contribution in [2.75, 3.05) is 19.8 Å². The number of nitrogens with one attached hydrogen (secondary N) is 1. The zero-order valence-corrected chi connectivity index (χ0v) is 15.3. The van der Waals surface area contributed by atoms with Gasteiger partial charge in [0, 0.05) is 5.56 Å². The van der Waals surface area contributed by atoms with E-state index < -0.39 is 0 Å². The normalized spacial score (nSPS) is 13.6. The minimum Gasteiger partial charge on any atom is -0.486 e. The average molecular weight is 381 g/mol. The second kappa shape index (κ2) is 7.99. The summed E-state index contributed by atoms with van der Waals surface area (Å²) in [5.74, 6) is 2.20. The number of carbonyl (C=O) groups excluding carboxylic acids is 1. The number of hydrogen-bond acceptors (Lipinski definition) is 7. The van der Waals surface area contributed by atoms with Gasteiger partial charge in [0.05, 0.1) is 6.04 Å². The van der Waals surface area contributed by atoms with Crippen LogP contribution < -0.4 is 19.5 Å². The molecule has 144 valence electrons. The molecule has 1 N–H and O–H groups in total. The zero-order valence-electron chi connectivity index (χ0n) is 15.3. The van der Waals surface area contributed by atoms with Gasteiger partial charge in [-0.25, -0.2) is 0 Å². The van der Waals surface area contributed by atoms with E-state index in [9.17, 15) is 4.79 Å². The monoisotopic (exact) mass is 381 g/mol. The predicted molar refractivity (Wildman–Crippen MR) is 99.2 cm³/mol. The lowest BCUT2D eigenvalue weighted by atomic mass is 10.1. The SMILES string of the molecule is C[C@@H](NC(=O)COc1ccc(-c2nnco2)cc1)c1ccc2c(c1)OCCO2. The molecule has 8 heteroatoms. The largest absolute Gasteiger partial charge is 0.486 e. The second-order valence-electron chi connectivity index (χ2n) is 6.25. The van der Waals surface area contributed by atoms with Crippen LogP contribution in [0.15, 0.2) is 53.3 Å². The molecule has 0 aliphatic carbocycles. The van der Waals surface area contributed by atoms with Gasteiger partial charge in [0.2, 0.25) is 12.3 Å². The number of ether oxygens (including phenoxy) is 3. The van der Waals surface area contributed by atoms with Crippen LogP contribution >= 0.6 is 0 Å². The summed E-state index contributed by atoms with van der Waals surface area (Å²) < 4.78 is 21.8. The first-order chi connectivity index (χ1) is 13.7. The highest BCUT2D eigenvalue weighted by molar-refractivity contribution is 5.78. The molecule has 1 aliphatic rings. The molecular formula is C20H19N3O5. The van der Waals surface area contributed by atoms with Crippen LogP contribution in [0, 0.1) is 0 Å². The fourth-order valence-corrected chi connectivity index (χ4v) is 2.84. The third-order valence-corrected chi connectivity index (χ3v) is 4.27. The highest BCUT2D eigenvalue weighted by Gasteiger charge is 2.16. The van der Waals surface area contributed by atoms with Crippen LogP contribution in [0.25, 0.3) is 11.5 Å². The molecule has 0 spiro atoms. The molecule has 2 heterocycles. The number of hydrogen-bond donors (Lipinski definition) is 1. The Morgan fingerprint density at radius 3 is 2.68 bits per heavy atom. The number of benzene rings is 2. The van der Waals surface area contributed by atoms with Crippen LogP contribution in [0.5, 0.6) is 17.2 Å². The number of nitrogens with zero attached hydrogens (tertiary/aromatic N) is 2. The smallest absolute Gasteiger partial charge is 0.258 e. The van der Waals surface area contributed by atoms with Crippen LogP contribution in [0.2, 0.25) is 0 Å². The van der Waals surface area contributed by atoms with E-state index in [4.69, 9.17) is 18.6 Å². The molecular weight excluding hydrogens is 362 g/mol. The van der Waals surface area contributed by atoms with Crippen LogP contribution in [0.1, 0.15) is 18.5 Å². The van der Waals surface area contributed by atoms with Crippen molar-refractivity contribution >= 4 is 5.91 Å². The van der Waals surface area contributed by atoms with E-state index in [0.717, 1.165) is 16.9 Å². The molecule has 28 heavy (non-hydrogen) atoms. The Morgan fingerprint density at radius 2 is 1.93 bits per heavy atom. The van der Waals surface area contributed by atoms with Crippen molar-refractivity contribution in [3.63, 3.8) is 0 Å². The van der Waals surface area contributed by atoms with Crippen molar-refractivity contribution in [3.8, 4) is 28.7 Å². The van der Waals surface area contributed by atoms with Gasteiger partial charge in [-0.1, -0.05) is 6.07 Å². The first kappa shape index (κ1) is 17.8. The second-order valence-corrected chi connectivity index (χ2v) is 6.25. The summed E-state index contributed by atoms with van der Waals surface area (Å²) >= 11 is 0. The Balaban J connectivity index is 1.30. The van der Waals surface area contributed by atoms with Gasteiger partial charge in [0.1, 0.15) is 19.0 Å². The third kappa shape index (κ3) is 4.06. The van der Waals surface area contributed by atoms with E-state index in [-0.39, 0.29) is 18.6 Å². The van der Waals surface area contributed by atoms with Crippen molar-refractivity contribution in [3.05, 3.63) is 54.4 Å². The fraction of sp³-hybridized carbons (Fsp3) is 0.250. The third-order valence-electron chi connectivity index (χ3n) is 4.27. The molecule has 0 saturated carbocycles. The maximum absolute atomic E-state index is 12.2. The van der Waals surface area contributed by atoms with Crippen molar-refractivity contribution in [1.29, 1.82) is 0 Å². The summed E-state index contributed by atoms with van der Waals surface area (Å²) in [6, 6.07) is 12.5. The first-order valence-corrected chi connectivity index (χ1v) is 8.87. The van der Waals surface area contributed by atoms with Crippen molar-refractivity contribution in [2.24, 2.45) is 0 Å². The Hall–Kier alpha value is -3.55. The van der Waals surface area contributed by atoms with Crippen molar-refractivity contribution in [1.82, 2.24) is 15.5 Å². The minimum absolute atomic E-state index is 0.0885. The molecule has 0 unspecified atom stereocenters. The fourth-order valence-electron chi connectivity index (χ4n) is 2.84. The molecule has 1 atom stereocenters. The summed E-state index contributed by atoms with van der Waals surface area (Å²) in [4.78, 5) is 12.2. The van der Waals surface area contributed by atoms with Crippen LogP contribution in [-0.4, -0.2) is 35.9 Å². The Kier molecular flexibility index (Phi) is 5.09. The van der Waals surface area contributed by atoms with Crippen LogP contribution in [0.3, 0.4) is 0 Å². The van der Waals surface area contributed by atoms with Crippen molar-refractivity contribution < 1.29 is 23.4 Å². The molecule has 4 rings (SSSR count). The molecule has 3 aromatic rings. The van der Waals surface area contributed by atoms with E-state index in [1.165, 1.54) is 6.39 Å². The van der Waals surface area contributed by atoms with Gasteiger partial charge >= 0.3 is 0 Å². The van der Waals surface area contributed by atoms with Crippen molar-refractivity contribution in [2.45, 2.75) is 13.0 Å². The minimum atomic E-state index is -0.219. The lowest BCUT2D eigenvalue weighted by Crippen LogP contribution is -2.31.